The minimum atomic E-state index is -0.272. The Morgan fingerprint density at radius 2 is 1.05 bits per heavy atom. The number of hydrogen-bond acceptors (Lipinski definition) is 2. The van der Waals surface area contributed by atoms with Crippen LogP contribution in [0.3, 0.4) is 0 Å². The van der Waals surface area contributed by atoms with Gasteiger partial charge in [0.25, 0.3) is 0 Å². The van der Waals surface area contributed by atoms with Crippen LogP contribution in [-0.2, 0) is 9.53 Å². The van der Waals surface area contributed by atoms with Crippen LogP contribution in [0, 0.1) is 0 Å². The number of allylic oxidation sites excluding steroid dienone is 22. The Hall–Kier alpha value is -3.23. The third-order valence-electron chi connectivity index (χ3n) is 7.06. The van der Waals surface area contributed by atoms with Crippen LogP contribution in [-0.4, -0.2) is 18.5 Å². The minimum Gasteiger partial charge on any atom is -0.379 e. The Labute approximate surface area is 265 Å². The van der Waals surface area contributed by atoms with E-state index in [1.54, 1.807) is 7.11 Å². The normalized spacial score (nSPS) is 15.1. The van der Waals surface area contributed by atoms with E-state index in [9.17, 15) is 4.79 Å². The quantitative estimate of drug-likeness (QED) is 0.0857. The van der Waals surface area contributed by atoms with E-state index in [1.807, 2.05) is 45.1 Å². The largest absolute Gasteiger partial charge is 0.379 e. The second kappa shape index (κ2) is 23.3. The second-order valence-corrected chi connectivity index (χ2v) is 12.4. The van der Waals surface area contributed by atoms with Gasteiger partial charge >= 0.3 is 0 Å². The molecule has 0 aromatic heterocycles. The number of ether oxygens (including phenoxy) is 1. The highest BCUT2D eigenvalue weighted by atomic mass is 16.5. The highest BCUT2D eigenvalue weighted by Gasteiger charge is 2.18. The van der Waals surface area contributed by atoms with Crippen LogP contribution in [0.2, 0.25) is 0 Å². The molecule has 0 bridgehead atoms. The number of ketones is 1. The summed E-state index contributed by atoms with van der Waals surface area (Å²) in [6.45, 7) is 20.9. The number of carbonyl (C=O) groups is 1. The van der Waals surface area contributed by atoms with Crippen molar-refractivity contribution in [1.29, 1.82) is 0 Å². The third kappa shape index (κ3) is 24.0. The number of rotatable bonds is 19. The van der Waals surface area contributed by atoms with Crippen molar-refractivity contribution in [3.8, 4) is 0 Å². The lowest BCUT2D eigenvalue weighted by Crippen LogP contribution is -2.23. The Bertz CT molecular complexity index is 1190. The van der Waals surface area contributed by atoms with Crippen LogP contribution < -0.4 is 0 Å². The van der Waals surface area contributed by atoms with Gasteiger partial charge in [-0.05, 0) is 107 Å². The van der Waals surface area contributed by atoms with Crippen molar-refractivity contribution in [1.82, 2.24) is 0 Å². The van der Waals surface area contributed by atoms with Gasteiger partial charge in [0, 0.05) is 13.5 Å². The molecule has 0 saturated heterocycles. The molecule has 0 aliphatic heterocycles. The lowest BCUT2D eigenvalue weighted by molar-refractivity contribution is -0.116. The molecule has 0 heterocycles. The molecule has 0 aromatic rings. The van der Waals surface area contributed by atoms with Gasteiger partial charge in [0.15, 0.2) is 5.78 Å². The van der Waals surface area contributed by atoms with Gasteiger partial charge in [-0.15, -0.1) is 0 Å². The molecule has 0 rings (SSSR count). The molecule has 0 radical (unpaired) electrons. The molecule has 0 aliphatic rings. The molecule has 0 spiro atoms. The molecule has 0 atom stereocenters. The fourth-order valence-corrected chi connectivity index (χ4v) is 3.77. The summed E-state index contributed by atoms with van der Waals surface area (Å²) in [4.78, 5) is 12.3. The Kier molecular flexibility index (Phi) is 21.5. The summed E-state index contributed by atoms with van der Waals surface area (Å²) in [6, 6.07) is 0. The maximum absolute atomic E-state index is 12.3. The Balaban J connectivity index is 4.70. The van der Waals surface area contributed by atoms with Gasteiger partial charge < -0.3 is 4.74 Å². The molecule has 0 saturated carbocycles. The van der Waals surface area contributed by atoms with Crippen LogP contribution in [0.1, 0.15) is 108 Å². The Morgan fingerprint density at radius 1 is 0.581 bits per heavy atom. The van der Waals surface area contributed by atoms with E-state index in [0.29, 0.717) is 12.8 Å². The van der Waals surface area contributed by atoms with E-state index in [2.05, 4.69) is 115 Å². The lowest BCUT2D eigenvalue weighted by atomic mass is 9.98. The Morgan fingerprint density at radius 3 is 1.58 bits per heavy atom. The molecule has 2 nitrogen and oxygen atoms in total. The second-order valence-electron chi connectivity index (χ2n) is 12.4. The molecule has 0 aliphatic carbocycles. The van der Waals surface area contributed by atoms with Crippen molar-refractivity contribution in [3.05, 3.63) is 130 Å². The SMILES string of the molecule is COC(C)(C)CCC(=O)/C(C)=C/C=C/C(C)=C/C=C/C(C)=C/C=C/C=C(C)/C=C/C=C(\C)CC/C=C(\C)CCC=C(C)C. The zero-order chi connectivity index (χ0) is 32.7. The average molecular weight is 585 g/mol. The van der Waals surface area contributed by atoms with E-state index < -0.39 is 0 Å². The number of Topliss-reactive ketones (excluding diaryl/α,β-unsaturated/α-hetero) is 1. The van der Waals surface area contributed by atoms with Gasteiger partial charge in [-0.2, -0.15) is 0 Å². The monoisotopic (exact) mass is 584 g/mol. The fourth-order valence-electron chi connectivity index (χ4n) is 3.77. The van der Waals surface area contributed by atoms with E-state index >= 15 is 0 Å². The zero-order valence-electron chi connectivity index (χ0n) is 29.2. The summed E-state index contributed by atoms with van der Waals surface area (Å²) in [7, 11) is 1.68. The topological polar surface area (TPSA) is 26.3 Å². The summed E-state index contributed by atoms with van der Waals surface area (Å²) in [6.07, 6.45) is 37.3. The third-order valence-corrected chi connectivity index (χ3v) is 7.06. The standard InChI is InChI=1S/C41H60O2/c1-33(2)19-14-22-36(5)25-17-27-37(6)26-15-23-34(3)20-12-13-21-35(4)24-16-28-38(7)29-18-30-39(8)40(42)31-32-41(9,10)43-11/h12-13,15-16,18-21,23-26,28-30H,14,17,22,27,31-32H2,1-11H3/b13-12+,23-15+,24-16+,29-18+,34-20+,35-21+,36-25+,37-26+,38-28+,39-30+. The molecule has 0 aromatic carbocycles. The summed E-state index contributed by atoms with van der Waals surface area (Å²) in [5.74, 6) is 0.161. The minimum absolute atomic E-state index is 0.161. The molecule has 0 amide bonds. The first-order valence-electron chi connectivity index (χ1n) is 15.7. The average Bonchev–Trinajstić information content (AvgIpc) is 2.93. The van der Waals surface area contributed by atoms with E-state index in [4.69, 9.17) is 4.74 Å². The number of carbonyl (C=O) groups excluding carboxylic acids is 1. The number of hydrogen-bond donors (Lipinski definition) is 0. The van der Waals surface area contributed by atoms with E-state index in [0.717, 1.165) is 36.8 Å². The van der Waals surface area contributed by atoms with E-state index in [-0.39, 0.29) is 11.4 Å². The van der Waals surface area contributed by atoms with Crippen LogP contribution in [0.25, 0.3) is 0 Å². The van der Waals surface area contributed by atoms with Crippen LogP contribution in [0.15, 0.2) is 130 Å². The molecule has 236 valence electrons. The predicted octanol–water partition coefficient (Wildman–Crippen LogP) is 12.2. The molecule has 0 unspecified atom stereocenters. The van der Waals surface area contributed by atoms with Crippen LogP contribution in [0.5, 0.6) is 0 Å². The van der Waals surface area contributed by atoms with Crippen molar-refractivity contribution >= 4 is 5.78 Å². The molecule has 0 N–H and O–H groups in total. The number of methoxy groups -OCH3 is 1. The molecule has 2 heteroatoms. The van der Waals surface area contributed by atoms with Gasteiger partial charge in [0.05, 0.1) is 5.60 Å². The first kappa shape index (κ1) is 39.8. The fraction of sp³-hybridized carbons (Fsp3) is 0.439. The maximum atomic E-state index is 12.3. The van der Waals surface area contributed by atoms with Gasteiger partial charge in [-0.3, -0.25) is 4.79 Å². The molecule has 43 heavy (non-hydrogen) atoms. The first-order valence-corrected chi connectivity index (χ1v) is 15.7. The van der Waals surface area contributed by atoms with Crippen molar-refractivity contribution in [2.24, 2.45) is 0 Å². The molecular weight excluding hydrogens is 524 g/mol. The van der Waals surface area contributed by atoms with Gasteiger partial charge in [0.1, 0.15) is 0 Å². The summed E-state index contributed by atoms with van der Waals surface area (Å²) < 4.78 is 5.40. The zero-order valence-corrected chi connectivity index (χ0v) is 29.2. The maximum Gasteiger partial charge on any atom is 0.158 e. The highest BCUT2D eigenvalue weighted by Crippen LogP contribution is 2.17. The molecule has 0 fully saturated rings. The molecular formula is C41H60O2. The van der Waals surface area contributed by atoms with Crippen LogP contribution in [0.4, 0.5) is 0 Å². The van der Waals surface area contributed by atoms with Gasteiger partial charge in [-0.25, -0.2) is 0 Å². The van der Waals surface area contributed by atoms with Crippen molar-refractivity contribution in [2.45, 2.75) is 113 Å². The predicted molar refractivity (Wildman–Crippen MR) is 192 cm³/mol. The summed E-state index contributed by atoms with van der Waals surface area (Å²) in [5.41, 5.74) is 8.28. The van der Waals surface area contributed by atoms with Crippen LogP contribution >= 0.6 is 0 Å². The van der Waals surface area contributed by atoms with E-state index in [1.165, 1.54) is 27.9 Å². The first-order chi connectivity index (χ1) is 20.3. The summed E-state index contributed by atoms with van der Waals surface area (Å²) >= 11 is 0. The van der Waals surface area contributed by atoms with Gasteiger partial charge in [-0.1, -0.05) is 125 Å². The van der Waals surface area contributed by atoms with Crippen molar-refractivity contribution in [2.75, 3.05) is 7.11 Å². The lowest BCUT2D eigenvalue weighted by Gasteiger charge is -2.22. The van der Waals surface area contributed by atoms with Gasteiger partial charge in [0.2, 0.25) is 0 Å². The van der Waals surface area contributed by atoms with Crippen molar-refractivity contribution in [3.63, 3.8) is 0 Å². The smallest absolute Gasteiger partial charge is 0.158 e. The highest BCUT2D eigenvalue weighted by molar-refractivity contribution is 5.95. The summed E-state index contributed by atoms with van der Waals surface area (Å²) in [5, 5.41) is 0. The van der Waals surface area contributed by atoms with Crippen molar-refractivity contribution < 1.29 is 9.53 Å².